The van der Waals surface area contributed by atoms with Crippen molar-refractivity contribution < 1.29 is 0 Å². The zero-order valence-corrected chi connectivity index (χ0v) is 5.59. The van der Waals surface area contributed by atoms with E-state index >= 15 is 0 Å². The van der Waals surface area contributed by atoms with E-state index in [0.29, 0.717) is 0 Å². The topological polar surface area (TPSA) is 3.24 Å². The van der Waals surface area contributed by atoms with Gasteiger partial charge in [-0.3, -0.25) is 0 Å². The minimum absolute atomic E-state index is 0.782. The Labute approximate surface area is 51.0 Å². The fourth-order valence-electron chi connectivity index (χ4n) is 1.05. The summed E-state index contributed by atoms with van der Waals surface area (Å²) < 4.78 is 0. The molecular weight excluding hydrogens is 98.1 g/mol. The van der Waals surface area contributed by atoms with Crippen LogP contribution in [0.2, 0.25) is 0 Å². The molecule has 0 spiro atoms. The van der Waals surface area contributed by atoms with Gasteiger partial charge in [0.2, 0.25) is 0 Å². The molecule has 1 rings (SSSR count). The summed E-state index contributed by atoms with van der Waals surface area (Å²) in [5.74, 6) is 0.782. The summed E-state index contributed by atoms with van der Waals surface area (Å²) in [5.41, 5.74) is 0. The number of hydrogen-bond donors (Lipinski definition) is 0. The fourth-order valence-corrected chi connectivity index (χ4v) is 1.05. The van der Waals surface area contributed by atoms with Crippen molar-refractivity contribution in [3.8, 4) is 0 Å². The summed E-state index contributed by atoms with van der Waals surface area (Å²) in [5, 5.41) is 0. The Hall–Kier alpha value is -0.300. The first-order valence-corrected chi connectivity index (χ1v) is 3.04. The molecule has 46 valence electrons. The summed E-state index contributed by atoms with van der Waals surface area (Å²) in [6.07, 6.45) is 3.36. The molecule has 0 bridgehead atoms. The van der Waals surface area contributed by atoms with Gasteiger partial charge in [-0.15, -0.1) is 6.58 Å². The number of rotatable bonds is 2. The maximum atomic E-state index is 3.73. The molecule has 8 heavy (non-hydrogen) atoms. The first kappa shape index (κ1) is 5.83. The highest BCUT2D eigenvalue weighted by Gasteiger charge is 2.35. The monoisotopic (exact) mass is 111 g/mol. The summed E-state index contributed by atoms with van der Waals surface area (Å²) in [6, 6.07) is 0.799. The second-order valence-corrected chi connectivity index (χ2v) is 2.67. The van der Waals surface area contributed by atoms with Gasteiger partial charge in [0.1, 0.15) is 0 Å². The van der Waals surface area contributed by atoms with Gasteiger partial charge in [-0.1, -0.05) is 6.08 Å². The SMILES string of the molecule is C=C[C@H]1C[C@H]1N(C)C. The lowest BCUT2D eigenvalue weighted by Crippen LogP contribution is -2.15. The Morgan fingerprint density at radius 2 is 2.25 bits per heavy atom. The molecule has 0 aromatic rings. The third-order valence-electron chi connectivity index (χ3n) is 1.77. The van der Waals surface area contributed by atoms with E-state index in [2.05, 4.69) is 25.6 Å². The second-order valence-electron chi connectivity index (χ2n) is 2.67. The van der Waals surface area contributed by atoms with Gasteiger partial charge < -0.3 is 4.90 Å². The minimum Gasteiger partial charge on any atom is -0.306 e. The van der Waals surface area contributed by atoms with Crippen LogP contribution in [0, 0.1) is 5.92 Å². The van der Waals surface area contributed by atoms with E-state index in [0.717, 1.165) is 12.0 Å². The summed E-state index contributed by atoms with van der Waals surface area (Å²) in [7, 11) is 4.24. The summed E-state index contributed by atoms with van der Waals surface area (Å²) >= 11 is 0. The maximum Gasteiger partial charge on any atom is 0.0159 e. The van der Waals surface area contributed by atoms with E-state index in [9.17, 15) is 0 Å². The highest BCUT2D eigenvalue weighted by molar-refractivity contribution is 5.02. The lowest BCUT2D eigenvalue weighted by Gasteiger charge is -2.05. The van der Waals surface area contributed by atoms with E-state index in [1.807, 2.05) is 6.08 Å². The third kappa shape index (κ3) is 0.920. The lowest BCUT2D eigenvalue weighted by molar-refractivity contribution is 0.387. The molecule has 2 atom stereocenters. The highest BCUT2D eigenvalue weighted by Crippen LogP contribution is 2.34. The van der Waals surface area contributed by atoms with Crippen LogP contribution in [0.15, 0.2) is 12.7 Å². The van der Waals surface area contributed by atoms with Crippen molar-refractivity contribution in [2.45, 2.75) is 12.5 Å². The Morgan fingerprint density at radius 3 is 2.38 bits per heavy atom. The van der Waals surface area contributed by atoms with Crippen molar-refractivity contribution in [2.24, 2.45) is 5.92 Å². The van der Waals surface area contributed by atoms with Gasteiger partial charge in [0.25, 0.3) is 0 Å². The minimum atomic E-state index is 0.782. The molecular formula is C7H13N. The Morgan fingerprint density at radius 1 is 1.62 bits per heavy atom. The molecule has 1 aliphatic rings. The molecule has 0 radical (unpaired) electrons. The zero-order chi connectivity index (χ0) is 6.15. The quantitative estimate of drug-likeness (QED) is 0.483. The van der Waals surface area contributed by atoms with E-state index in [-0.39, 0.29) is 0 Å². The molecule has 0 saturated heterocycles. The van der Waals surface area contributed by atoms with E-state index in [4.69, 9.17) is 0 Å². The molecule has 1 saturated carbocycles. The molecule has 0 amide bonds. The van der Waals surface area contributed by atoms with Crippen LogP contribution in [0.5, 0.6) is 0 Å². The molecule has 0 unspecified atom stereocenters. The van der Waals surface area contributed by atoms with Gasteiger partial charge in [-0.2, -0.15) is 0 Å². The summed E-state index contributed by atoms with van der Waals surface area (Å²) in [4.78, 5) is 2.26. The molecule has 0 N–H and O–H groups in total. The molecule has 1 heteroatoms. The third-order valence-corrected chi connectivity index (χ3v) is 1.77. The molecule has 0 aromatic carbocycles. The molecule has 0 aromatic heterocycles. The van der Waals surface area contributed by atoms with Crippen LogP contribution in [0.3, 0.4) is 0 Å². The van der Waals surface area contributed by atoms with Crippen molar-refractivity contribution in [1.29, 1.82) is 0 Å². The van der Waals surface area contributed by atoms with Crippen LogP contribution in [0.4, 0.5) is 0 Å². The standard InChI is InChI=1S/C7H13N/c1-4-6-5-7(6)8(2)3/h4,6-7H,1,5H2,2-3H3/t6-,7+/m0/s1. The van der Waals surface area contributed by atoms with Crippen LogP contribution >= 0.6 is 0 Å². The summed E-state index contributed by atoms with van der Waals surface area (Å²) in [6.45, 7) is 3.73. The van der Waals surface area contributed by atoms with Crippen LogP contribution < -0.4 is 0 Å². The van der Waals surface area contributed by atoms with Gasteiger partial charge in [0, 0.05) is 6.04 Å². The van der Waals surface area contributed by atoms with Gasteiger partial charge in [-0.25, -0.2) is 0 Å². The zero-order valence-electron chi connectivity index (χ0n) is 5.59. The van der Waals surface area contributed by atoms with E-state index in [1.54, 1.807) is 0 Å². The molecule has 0 aliphatic heterocycles. The first-order valence-electron chi connectivity index (χ1n) is 3.04. The van der Waals surface area contributed by atoms with Crippen molar-refractivity contribution in [2.75, 3.05) is 14.1 Å². The lowest BCUT2D eigenvalue weighted by atomic mass is 10.4. The molecule has 1 fully saturated rings. The van der Waals surface area contributed by atoms with E-state index in [1.165, 1.54) is 6.42 Å². The number of hydrogen-bond acceptors (Lipinski definition) is 1. The smallest absolute Gasteiger partial charge is 0.0159 e. The fraction of sp³-hybridized carbons (Fsp3) is 0.714. The average molecular weight is 111 g/mol. The maximum absolute atomic E-state index is 3.73. The molecule has 1 aliphatic carbocycles. The predicted octanol–water partition coefficient (Wildman–Crippen LogP) is 1.12. The number of nitrogens with zero attached hydrogens (tertiary/aromatic N) is 1. The Balaban J connectivity index is 2.26. The normalized spacial score (nSPS) is 35.4. The first-order chi connectivity index (χ1) is 3.75. The second kappa shape index (κ2) is 1.90. The molecule has 1 nitrogen and oxygen atoms in total. The van der Waals surface area contributed by atoms with Crippen molar-refractivity contribution >= 4 is 0 Å². The van der Waals surface area contributed by atoms with Crippen LogP contribution in [-0.2, 0) is 0 Å². The predicted molar refractivity (Wildman–Crippen MR) is 35.8 cm³/mol. The van der Waals surface area contributed by atoms with Crippen molar-refractivity contribution in [3.63, 3.8) is 0 Å². The van der Waals surface area contributed by atoms with Crippen molar-refractivity contribution in [1.82, 2.24) is 4.90 Å². The van der Waals surface area contributed by atoms with Crippen LogP contribution in [0.1, 0.15) is 6.42 Å². The highest BCUT2D eigenvalue weighted by atomic mass is 15.1. The van der Waals surface area contributed by atoms with Crippen LogP contribution in [0.25, 0.3) is 0 Å². The van der Waals surface area contributed by atoms with Gasteiger partial charge in [0.05, 0.1) is 0 Å². The average Bonchev–Trinajstić information content (AvgIpc) is 2.42. The Kier molecular flexibility index (Phi) is 1.39. The van der Waals surface area contributed by atoms with Gasteiger partial charge in [0.15, 0.2) is 0 Å². The van der Waals surface area contributed by atoms with Gasteiger partial charge in [-0.05, 0) is 26.4 Å². The molecule has 0 heterocycles. The largest absolute Gasteiger partial charge is 0.306 e. The Bertz CT molecular complexity index is 96.6. The van der Waals surface area contributed by atoms with Gasteiger partial charge >= 0.3 is 0 Å². The van der Waals surface area contributed by atoms with Crippen LogP contribution in [-0.4, -0.2) is 25.0 Å². The van der Waals surface area contributed by atoms with Crippen molar-refractivity contribution in [3.05, 3.63) is 12.7 Å². The van der Waals surface area contributed by atoms with E-state index < -0.39 is 0 Å².